The lowest BCUT2D eigenvalue weighted by Gasteiger charge is -2.12. The summed E-state index contributed by atoms with van der Waals surface area (Å²) in [4.78, 5) is 35.5. The molecular formula is C17H23N3O3. The number of hydrogen-bond donors (Lipinski definition) is 2. The molecule has 2 N–H and O–H groups in total. The molecule has 1 heterocycles. The van der Waals surface area contributed by atoms with Crippen molar-refractivity contribution in [1.29, 1.82) is 0 Å². The van der Waals surface area contributed by atoms with Crippen molar-refractivity contribution in [2.45, 2.75) is 32.6 Å². The lowest BCUT2D eigenvalue weighted by Crippen LogP contribution is -2.38. The van der Waals surface area contributed by atoms with E-state index in [0.717, 1.165) is 24.2 Å². The van der Waals surface area contributed by atoms with E-state index in [0.29, 0.717) is 13.0 Å². The molecule has 0 atom stereocenters. The van der Waals surface area contributed by atoms with Crippen LogP contribution in [-0.2, 0) is 16.0 Å². The molecule has 0 bridgehead atoms. The molecule has 0 spiro atoms. The number of nitrogens with one attached hydrogen (secondary N) is 2. The maximum Gasteiger partial charge on any atom is 0.324 e. The van der Waals surface area contributed by atoms with Crippen LogP contribution in [0.1, 0.15) is 30.4 Å². The largest absolute Gasteiger partial charge is 0.354 e. The Morgan fingerprint density at radius 1 is 1.22 bits per heavy atom. The Hall–Kier alpha value is -2.37. The van der Waals surface area contributed by atoms with Crippen LogP contribution in [-0.4, -0.2) is 42.4 Å². The molecule has 4 amide bonds. The van der Waals surface area contributed by atoms with Crippen molar-refractivity contribution in [3.05, 3.63) is 35.4 Å². The third-order valence-corrected chi connectivity index (χ3v) is 3.83. The predicted molar refractivity (Wildman–Crippen MR) is 86.9 cm³/mol. The van der Waals surface area contributed by atoms with E-state index < -0.39 is 0 Å². The second-order valence-electron chi connectivity index (χ2n) is 5.75. The van der Waals surface area contributed by atoms with Crippen molar-refractivity contribution in [3.8, 4) is 0 Å². The molecular weight excluding hydrogens is 294 g/mol. The minimum atomic E-state index is -0.387. The molecule has 6 nitrogen and oxygen atoms in total. The Bertz CT molecular complexity index is 553. The van der Waals surface area contributed by atoms with Gasteiger partial charge < -0.3 is 10.6 Å². The van der Waals surface area contributed by atoms with E-state index in [1.807, 2.05) is 0 Å². The van der Waals surface area contributed by atoms with Crippen LogP contribution in [0, 0.1) is 6.92 Å². The molecule has 1 aliphatic rings. The third-order valence-electron chi connectivity index (χ3n) is 3.83. The summed E-state index contributed by atoms with van der Waals surface area (Å²) < 4.78 is 0. The summed E-state index contributed by atoms with van der Waals surface area (Å²) in [5.74, 6) is -0.289. The summed E-state index contributed by atoms with van der Waals surface area (Å²) in [6.45, 7) is 2.63. The molecule has 1 aliphatic heterocycles. The van der Waals surface area contributed by atoms with Crippen LogP contribution >= 0.6 is 0 Å². The monoisotopic (exact) mass is 317 g/mol. The quantitative estimate of drug-likeness (QED) is 0.561. The van der Waals surface area contributed by atoms with Crippen LogP contribution in [0.2, 0.25) is 0 Å². The molecule has 6 heteroatoms. The first kappa shape index (κ1) is 17.0. The highest BCUT2D eigenvalue weighted by molar-refractivity contribution is 6.01. The zero-order valence-electron chi connectivity index (χ0n) is 13.4. The Morgan fingerprint density at radius 3 is 2.61 bits per heavy atom. The number of unbranched alkanes of at least 4 members (excludes halogenated alkanes) is 1. The molecule has 0 aromatic heterocycles. The molecule has 0 unspecified atom stereocenters. The topological polar surface area (TPSA) is 78.5 Å². The van der Waals surface area contributed by atoms with E-state index in [-0.39, 0.29) is 30.9 Å². The second-order valence-corrected chi connectivity index (χ2v) is 5.75. The van der Waals surface area contributed by atoms with Gasteiger partial charge in [-0.1, -0.05) is 29.8 Å². The van der Waals surface area contributed by atoms with Gasteiger partial charge in [-0.3, -0.25) is 14.5 Å². The minimum absolute atomic E-state index is 0.0408. The molecule has 0 saturated carbocycles. The molecule has 1 fully saturated rings. The first-order valence-electron chi connectivity index (χ1n) is 7.96. The van der Waals surface area contributed by atoms with Crippen LogP contribution in [0.15, 0.2) is 24.3 Å². The number of rotatable bonds is 8. The maximum atomic E-state index is 11.7. The van der Waals surface area contributed by atoms with E-state index in [2.05, 4.69) is 41.8 Å². The number of imide groups is 1. The standard InChI is InChI=1S/C17H23N3O3/c1-13-6-8-14(9-7-13)4-2-3-5-15(21)18-10-11-20-16(22)12-19-17(20)23/h6-9H,2-5,10-12H2,1H3,(H,18,21)(H,19,23). The highest BCUT2D eigenvalue weighted by Crippen LogP contribution is 2.08. The smallest absolute Gasteiger partial charge is 0.324 e. The number of benzene rings is 1. The maximum absolute atomic E-state index is 11.7. The number of hydrogen-bond acceptors (Lipinski definition) is 3. The van der Waals surface area contributed by atoms with E-state index >= 15 is 0 Å². The van der Waals surface area contributed by atoms with Crippen LogP contribution < -0.4 is 10.6 Å². The number of nitrogens with zero attached hydrogens (tertiary/aromatic N) is 1. The number of carbonyl (C=O) groups excluding carboxylic acids is 3. The second kappa shape index (κ2) is 8.31. The van der Waals surface area contributed by atoms with E-state index in [1.165, 1.54) is 11.1 Å². The molecule has 1 aromatic carbocycles. The fourth-order valence-electron chi connectivity index (χ4n) is 2.45. The van der Waals surface area contributed by atoms with E-state index in [4.69, 9.17) is 0 Å². The van der Waals surface area contributed by atoms with Gasteiger partial charge in [-0.2, -0.15) is 0 Å². The SMILES string of the molecule is Cc1ccc(CCCCC(=O)NCCN2C(=O)CNC2=O)cc1. The van der Waals surface area contributed by atoms with Gasteiger partial charge in [0.15, 0.2) is 0 Å². The Morgan fingerprint density at radius 2 is 1.96 bits per heavy atom. The van der Waals surface area contributed by atoms with Gasteiger partial charge in [0.25, 0.3) is 0 Å². The summed E-state index contributed by atoms with van der Waals surface area (Å²) in [6.07, 6.45) is 3.22. The summed E-state index contributed by atoms with van der Waals surface area (Å²) in [7, 11) is 0. The lowest BCUT2D eigenvalue weighted by atomic mass is 10.1. The zero-order chi connectivity index (χ0) is 16.7. The van der Waals surface area contributed by atoms with Crippen molar-refractivity contribution >= 4 is 17.8 Å². The fraction of sp³-hybridized carbons (Fsp3) is 0.471. The Balaban J connectivity index is 1.55. The Labute approximate surface area is 136 Å². The molecule has 1 aromatic rings. The molecule has 0 aliphatic carbocycles. The van der Waals surface area contributed by atoms with Gasteiger partial charge in [0, 0.05) is 19.5 Å². The number of carbonyl (C=O) groups is 3. The normalized spacial score (nSPS) is 14.0. The zero-order valence-corrected chi connectivity index (χ0v) is 13.4. The van der Waals surface area contributed by atoms with Crippen LogP contribution in [0.5, 0.6) is 0 Å². The molecule has 23 heavy (non-hydrogen) atoms. The van der Waals surface area contributed by atoms with Gasteiger partial charge in [0.05, 0.1) is 6.54 Å². The van der Waals surface area contributed by atoms with Gasteiger partial charge in [-0.25, -0.2) is 4.79 Å². The van der Waals surface area contributed by atoms with Crippen molar-refractivity contribution in [3.63, 3.8) is 0 Å². The average Bonchev–Trinajstić information content (AvgIpc) is 2.85. The van der Waals surface area contributed by atoms with Crippen molar-refractivity contribution in [2.24, 2.45) is 0 Å². The minimum Gasteiger partial charge on any atom is -0.354 e. The molecule has 1 saturated heterocycles. The third kappa shape index (κ3) is 5.39. The van der Waals surface area contributed by atoms with Gasteiger partial charge >= 0.3 is 6.03 Å². The molecule has 2 rings (SSSR count). The first-order valence-corrected chi connectivity index (χ1v) is 7.96. The highest BCUT2D eigenvalue weighted by atomic mass is 16.2. The van der Waals surface area contributed by atoms with Crippen molar-refractivity contribution in [1.82, 2.24) is 15.5 Å². The fourth-order valence-corrected chi connectivity index (χ4v) is 2.45. The highest BCUT2D eigenvalue weighted by Gasteiger charge is 2.27. The van der Waals surface area contributed by atoms with Crippen molar-refractivity contribution in [2.75, 3.05) is 19.6 Å². The predicted octanol–water partition coefficient (Wildman–Crippen LogP) is 1.38. The summed E-state index contributed by atoms with van der Waals surface area (Å²) >= 11 is 0. The van der Waals surface area contributed by atoms with Gasteiger partial charge in [-0.05, 0) is 31.7 Å². The van der Waals surface area contributed by atoms with Crippen LogP contribution in [0.25, 0.3) is 0 Å². The molecule has 124 valence electrons. The summed E-state index contributed by atoms with van der Waals surface area (Å²) in [5, 5.41) is 5.19. The number of aryl methyl sites for hydroxylation is 2. The van der Waals surface area contributed by atoms with Gasteiger partial charge in [-0.15, -0.1) is 0 Å². The Kier molecular flexibility index (Phi) is 6.14. The first-order chi connectivity index (χ1) is 11.1. The average molecular weight is 317 g/mol. The van der Waals surface area contributed by atoms with Crippen molar-refractivity contribution < 1.29 is 14.4 Å². The number of urea groups is 1. The summed E-state index contributed by atoms with van der Waals surface area (Å²) in [6, 6.07) is 8.04. The lowest BCUT2D eigenvalue weighted by molar-refractivity contribution is -0.126. The molecule has 0 radical (unpaired) electrons. The van der Waals surface area contributed by atoms with Crippen LogP contribution in [0.4, 0.5) is 4.79 Å². The van der Waals surface area contributed by atoms with Crippen LogP contribution in [0.3, 0.4) is 0 Å². The van der Waals surface area contributed by atoms with E-state index in [9.17, 15) is 14.4 Å². The van der Waals surface area contributed by atoms with Gasteiger partial charge in [0.2, 0.25) is 11.8 Å². The summed E-state index contributed by atoms with van der Waals surface area (Å²) in [5.41, 5.74) is 2.54. The van der Waals surface area contributed by atoms with Gasteiger partial charge in [0.1, 0.15) is 0 Å². The number of amides is 4. The van der Waals surface area contributed by atoms with E-state index in [1.54, 1.807) is 0 Å².